The standard InChI is InChI=1S/C9H12BrN3O4/c1-5-8(13(15)16)9(10)11-12(5)6-2-3-17-4-7(6)14/h6-7,14H,2-4H2,1H3. The van der Waals surface area contributed by atoms with Gasteiger partial charge in [0.25, 0.3) is 0 Å². The second-order valence-electron chi connectivity index (χ2n) is 3.92. The molecule has 1 aromatic heterocycles. The maximum absolute atomic E-state index is 10.9. The van der Waals surface area contributed by atoms with E-state index in [2.05, 4.69) is 21.0 Å². The minimum Gasteiger partial charge on any atom is -0.388 e. The van der Waals surface area contributed by atoms with Crippen molar-refractivity contribution in [1.29, 1.82) is 0 Å². The van der Waals surface area contributed by atoms with Gasteiger partial charge in [-0.15, -0.1) is 0 Å². The van der Waals surface area contributed by atoms with Gasteiger partial charge in [-0.3, -0.25) is 14.8 Å². The van der Waals surface area contributed by atoms with Gasteiger partial charge in [-0.25, -0.2) is 0 Å². The fraction of sp³-hybridized carbons (Fsp3) is 0.667. The second kappa shape index (κ2) is 4.71. The van der Waals surface area contributed by atoms with E-state index in [0.717, 1.165) is 0 Å². The molecule has 1 N–H and O–H groups in total. The van der Waals surface area contributed by atoms with Gasteiger partial charge in [0.2, 0.25) is 4.60 Å². The summed E-state index contributed by atoms with van der Waals surface area (Å²) in [5, 5.41) is 24.8. The lowest BCUT2D eigenvalue weighted by Gasteiger charge is -2.28. The fourth-order valence-electron chi connectivity index (χ4n) is 2.00. The third kappa shape index (κ3) is 2.20. The van der Waals surface area contributed by atoms with Gasteiger partial charge >= 0.3 is 5.69 Å². The van der Waals surface area contributed by atoms with E-state index in [1.165, 1.54) is 4.68 Å². The molecule has 1 aliphatic rings. The molecule has 0 aliphatic carbocycles. The molecular weight excluding hydrogens is 294 g/mol. The molecule has 0 aromatic carbocycles. The minimum absolute atomic E-state index is 0.0521. The first-order chi connectivity index (χ1) is 8.02. The first-order valence-electron chi connectivity index (χ1n) is 5.17. The van der Waals surface area contributed by atoms with Gasteiger partial charge in [0, 0.05) is 6.61 Å². The summed E-state index contributed by atoms with van der Waals surface area (Å²) in [7, 11) is 0. The summed E-state index contributed by atoms with van der Waals surface area (Å²) in [5.74, 6) is 0. The van der Waals surface area contributed by atoms with Crippen LogP contribution in [-0.4, -0.2) is 39.1 Å². The fourth-order valence-corrected chi connectivity index (χ4v) is 2.60. The van der Waals surface area contributed by atoms with Crippen LogP contribution in [-0.2, 0) is 4.74 Å². The molecular formula is C9H12BrN3O4. The number of hydrogen-bond acceptors (Lipinski definition) is 5. The molecule has 1 aliphatic heterocycles. The molecule has 1 fully saturated rings. The van der Waals surface area contributed by atoms with E-state index in [-0.39, 0.29) is 22.9 Å². The van der Waals surface area contributed by atoms with E-state index in [1.807, 2.05) is 0 Å². The molecule has 2 heterocycles. The molecule has 0 saturated carbocycles. The van der Waals surface area contributed by atoms with Crippen molar-refractivity contribution < 1.29 is 14.8 Å². The number of nitrogens with zero attached hydrogens (tertiary/aromatic N) is 3. The van der Waals surface area contributed by atoms with Crippen molar-refractivity contribution >= 4 is 21.6 Å². The quantitative estimate of drug-likeness (QED) is 0.654. The number of aromatic nitrogens is 2. The van der Waals surface area contributed by atoms with Crippen LogP contribution in [0.15, 0.2) is 4.60 Å². The predicted octanol–water partition coefficient (Wildman–Crippen LogP) is 1.18. The third-order valence-corrected chi connectivity index (χ3v) is 3.40. The van der Waals surface area contributed by atoms with Gasteiger partial charge in [0.1, 0.15) is 5.69 Å². The molecule has 0 amide bonds. The Hall–Kier alpha value is -0.990. The zero-order valence-corrected chi connectivity index (χ0v) is 10.8. The number of rotatable bonds is 2. The smallest absolute Gasteiger partial charge is 0.324 e. The Bertz CT molecular complexity index is 448. The maximum Gasteiger partial charge on any atom is 0.324 e. The highest BCUT2D eigenvalue weighted by atomic mass is 79.9. The summed E-state index contributed by atoms with van der Waals surface area (Å²) in [6.07, 6.45) is -0.0957. The van der Waals surface area contributed by atoms with Crippen LogP contribution >= 0.6 is 15.9 Å². The average molecular weight is 306 g/mol. The minimum atomic E-state index is -0.686. The van der Waals surface area contributed by atoms with Crippen molar-refractivity contribution in [3.05, 3.63) is 20.4 Å². The Labute approximate surface area is 106 Å². The van der Waals surface area contributed by atoms with Crippen LogP contribution in [0.1, 0.15) is 18.2 Å². The molecule has 2 unspecified atom stereocenters. The highest BCUT2D eigenvalue weighted by Crippen LogP contribution is 2.32. The number of aliphatic hydroxyl groups is 1. The highest BCUT2D eigenvalue weighted by Gasteiger charge is 2.32. The Kier molecular flexibility index (Phi) is 3.45. The first kappa shape index (κ1) is 12.5. The van der Waals surface area contributed by atoms with Crippen molar-refractivity contribution in [1.82, 2.24) is 9.78 Å². The molecule has 8 heteroatoms. The normalized spacial score (nSPS) is 24.9. The van der Waals surface area contributed by atoms with Gasteiger partial charge in [-0.2, -0.15) is 5.10 Å². The molecule has 17 heavy (non-hydrogen) atoms. The summed E-state index contributed by atoms with van der Waals surface area (Å²) < 4.78 is 6.82. The Morgan fingerprint density at radius 3 is 2.94 bits per heavy atom. The van der Waals surface area contributed by atoms with Crippen molar-refractivity contribution in [3.63, 3.8) is 0 Å². The zero-order valence-electron chi connectivity index (χ0n) is 9.17. The van der Waals surface area contributed by atoms with E-state index in [4.69, 9.17) is 4.74 Å². The van der Waals surface area contributed by atoms with Gasteiger partial charge in [-0.1, -0.05) is 0 Å². The van der Waals surface area contributed by atoms with Gasteiger partial charge in [0.05, 0.1) is 23.7 Å². The summed E-state index contributed by atoms with van der Waals surface area (Å²) in [4.78, 5) is 10.4. The van der Waals surface area contributed by atoms with Crippen LogP contribution in [0.25, 0.3) is 0 Å². The van der Waals surface area contributed by atoms with E-state index in [0.29, 0.717) is 18.7 Å². The molecule has 0 spiro atoms. The van der Waals surface area contributed by atoms with E-state index in [1.54, 1.807) is 6.92 Å². The lowest BCUT2D eigenvalue weighted by molar-refractivity contribution is -0.386. The molecule has 2 atom stereocenters. The topological polar surface area (TPSA) is 90.4 Å². The molecule has 1 saturated heterocycles. The number of ether oxygens (including phenoxy) is 1. The molecule has 2 rings (SSSR count). The maximum atomic E-state index is 10.9. The summed E-state index contributed by atoms with van der Waals surface area (Å²) in [5.41, 5.74) is 0.386. The van der Waals surface area contributed by atoms with Crippen LogP contribution in [0.2, 0.25) is 0 Å². The number of nitro groups is 1. The van der Waals surface area contributed by atoms with Crippen molar-refractivity contribution in [2.24, 2.45) is 0 Å². The Morgan fingerprint density at radius 1 is 1.71 bits per heavy atom. The van der Waals surface area contributed by atoms with Crippen molar-refractivity contribution in [2.75, 3.05) is 13.2 Å². The van der Waals surface area contributed by atoms with E-state index >= 15 is 0 Å². The highest BCUT2D eigenvalue weighted by molar-refractivity contribution is 9.10. The summed E-state index contributed by atoms with van der Waals surface area (Å²) in [6.45, 7) is 2.37. The molecule has 0 radical (unpaired) electrons. The lowest BCUT2D eigenvalue weighted by Crippen LogP contribution is -2.35. The molecule has 0 bridgehead atoms. The van der Waals surface area contributed by atoms with Gasteiger partial charge in [-0.05, 0) is 29.3 Å². The number of hydrogen-bond donors (Lipinski definition) is 1. The van der Waals surface area contributed by atoms with E-state index < -0.39 is 11.0 Å². The second-order valence-corrected chi connectivity index (χ2v) is 4.68. The van der Waals surface area contributed by atoms with Crippen LogP contribution in [0.4, 0.5) is 5.69 Å². The van der Waals surface area contributed by atoms with Gasteiger partial charge < -0.3 is 9.84 Å². The predicted molar refractivity (Wildman–Crippen MR) is 61.8 cm³/mol. The van der Waals surface area contributed by atoms with Crippen LogP contribution in [0.5, 0.6) is 0 Å². The average Bonchev–Trinajstić information content (AvgIpc) is 2.55. The number of aliphatic hydroxyl groups excluding tert-OH is 1. The lowest BCUT2D eigenvalue weighted by atomic mass is 10.1. The van der Waals surface area contributed by atoms with Crippen molar-refractivity contribution in [3.8, 4) is 0 Å². The monoisotopic (exact) mass is 305 g/mol. The van der Waals surface area contributed by atoms with E-state index in [9.17, 15) is 15.2 Å². The zero-order chi connectivity index (χ0) is 12.6. The largest absolute Gasteiger partial charge is 0.388 e. The Morgan fingerprint density at radius 2 is 2.41 bits per heavy atom. The van der Waals surface area contributed by atoms with Crippen LogP contribution in [0.3, 0.4) is 0 Å². The van der Waals surface area contributed by atoms with Gasteiger partial charge in [0.15, 0.2) is 0 Å². The SMILES string of the molecule is Cc1c([N+](=O)[O-])c(Br)nn1C1CCOCC1O. The first-order valence-corrected chi connectivity index (χ1v) is 5.96. The van der Waals surface area contributed by atoms with Crippen molar-refractivity contribution in [2.45, 2.75) is 25.5 Å². The molecule has 1 aromatic rings. The molecule has 7 nitrogen and oxygen atoms in total. The third-order valence-electron chi connectivity index (χ3n) is 2.86. The summed E-state index contributed by atoms with van der Waals surface area (Å²) >= 11 is 3.07. The summed E-state index contributed by atoms with van der Waals surface area (Å²) in [6, 6.07) is -0.270. The molecule has 94 valence electrons. The number of halogens is 1. The van der Waals surface area contributed by atoms with Crippen LogP contribution in [0, 0.1) is 17.0 Å². The Balaban J connectivity index is 2.39. The van der Waals surface area contributed by atoms with Crippen LogP contribution < -0.4 is 0 Å².